The van der Waals surface area contributed by atoms with Crippen molar-refractivity contribution in [2.24, 2.45) is 0 Å². The summed E-state index contributed by atoms with van der Waals surface area (Å²) in [5, 5.41) is 9.55. The molecule has 0 aromatic rings. The molecule has 3 atom stereocenters. The number of amides is 1. The molecule has 1 amide bonds. The zero-order chi connectivity index (χ0) is 21.8. The molecule has 9 heteroatoms. The molecule has 0 aromatic heterocycles. The summed E-state index contributed by atoms with van der Waals surface area (Å²) in [4.78, 5) is 13.8. The second-order valence-corrected chi connectivity index (χ2v) is 8.59. The van der Waals surface area contributed by atoms with E-state index in [-0.39, 0.29) is 25.0 Å². The van der Waals surface area contributed by atoms with Crippen LogP contribution in [0.5, 0.6) is 0 Å². The van der Waals surface area contributed by atoms with Crippen molar-refractivity contribution in [1.29, 1.82) is 0 Å². The Balaban J connectivity index is 1.46. The largest absolute Gasteiger partial charge is 0.444 e. The van der Waals surface area contributed by atoms with E-state index in [0.29, 0.717) is 52.6 Å². The number of aliphatic hydroxyl groups excluding tert-OH is 1. The highest BCUT2D eigenvalue weighted by atomic mass is 16.7. The van der Waals surface area contributed by atoms with Crippen LogP contribution in [0.1, 0.15) is 46.5 Å². The number of nitrogens with zero attached hydrogens (tertiary/aromatic N) is 1. The number of ether oxygens (including phenoxy) is 6. The number of hydrogen-bond donors (Lipinski definition) is 1. The number of hydrogen-bond acceptors (Lipinski definition) is 8. The molecule has 1 unspecified atom stereocenters. The highest BCUT2D eigenvalue weighted by molar-refractivity contribution is 5.69. The molecule has 0 radical (unpaired) electrons. The Morgan fingerprint density at radius 2 is 1.70 bits per heavy atom. The van der Waals surface area contributed by atoms with Crippen LogP contribution in [0, 0.1) is 0 Å². The van der Waals surface area contributed by atoms with Gasteiger partial charge in [0.2, 0.25) is 0 Å². The number of aliphatic hydroxyl groups is 1. The summed E-state index contributed by atoms with van der Waals surface area (Å²) in [7, 11) is 0. The first-order valence-corrected chi connectivity index (χ1v) is 11.0. The average molecular weight is 434 g/mol. The molecule has 176 valence electrons. The normalized spacial score (nSPS) is 24.9. The topological polar surface area (TPSA) is 95.9 Å². The van der Waals surface area contributed by atoms with Gasteiger partial charge in [0.1, 0.15) is 5.60 Å². The Bertz CT molecular complexity index is 478. The van der Waals surface area contributed by atoms with Crippen LogP contribution in [-0.4, -0.2) is 99.5 Å². The first kappa shape index (κ1) is 25.3. The zero-order valence-electron chi connectivity index (χ0n) is 18.7. The van der Waals surface area contributed by atoms with Gasteiger partial charge in [-0.05, 0) is 46.5 Å². The summed E-state index contributed by atoms with van der Waals surface area (Å²) >= 11 is 0. The van der Waals surface area contributed by atoms with Crippen LogP contribution in [0.3, 0.4) is 0 Å². The molecule has 2 heterocycles. The standard InChI is InChI=1S/C21H39NO8/c1-21(2,3)30-20(24)22-15-18(14-17(22)16-23)27-12-10-25-8-9-26-11-13-29-19-6-4-5-7-28-19/h17-19,23H,4-16H2,1-3H3/t17-,18+,19?/m0/s1. The first-order chi connectivity index (χ1) is 14.4. The maximum absolute atomic E-state index is 12.3. The fourth-order valence-electron chi connectivity index (χ4n) is 3.39. The molecule has 0 bridgehead atoms. The lowest BCUT2D eigenvalue weighted by atomic mass is 10.2. The van der Waals surface area contributed by atoms with E-state index in [0.717, 1.165) is 25.9 Å². The van der Waals surface area contributed by atoms with Gasteiger partial charge in [-0.25, -0.2) is 4.79 Å². The lowest BCUT2D eigenvalue weighted by Crippen LogP contribution is -2.41. The van der Waals surface area contributed by atoms with Gasteiger partial charge in [0, 0.05) is 6.61 Å². The third-order valence-corrected chi connectivity index (χ3v) is 4.84. The van der Waals surface area contributed by atoms with Crippen molar-refractivity contribution < 1.29 is 38.3 Å². The molecular formula is C21H39NO8. The molecule has 0 aromatic carbocycles. The maximum atomic E-state index is 12.3. The molecule has 0 spiro atoms. The van der Waals surface area contributed by atoms with Gasteiger partial charge in [-0.1, -0.05) is 0 Å². The van der Waals surface area contributed by atoms with Crippen LogP contribution in [0.25, 0.3) is 0 Å². The van der Waals surface area contributed by atoms with Crippen LogP contribution >= 0.6 is 0 Å². The van der Waals surface area contributed by atoms with Crippen molar-refractivity contribution in [3.05, 3.63) is 0 Å². The smallest absolute Gasteiger partial charge is 0.410 e. The lowest BCUT2D eigenvalue weighted by Gasteiger charge is -2.27. The fourth-order valence-corrected chi connectivity index (χ4v) is 3.39. The quantitative estimate of drug-likeness (QED) is 0.467. The minimum Gasteiger partial charge on any atom is -0.444 e. The van der Waals surface area contributed by atoms with Crippen LogP contribution in [0.15, 0.2) is 0 Å². The van der Waals surface area contributed by atoms with Crippen LogP contribution in [-0.2, 0) is 28.4 Å². The van der Waals surface area contributed by atoms with Gasteiger partial charge in [0.25, 0.3) is 0 Å². The highest BCUT2D eigenvalue weighted by Crippen LogP contribution is 2.23. The molecule has 2 aliphatic rings. The Labute approximate surface area is 179 Å². The second-order valence-electron chi connectivity index (χ2n) is 8.59. The Morgan fingerprint density at radius 3 is 2.30 bits per heavy atom. The molecule has 2 fully saturated rings. The maximum Gasteiger partial charge on any atom is 0.410 e. The summed E-state index contributed by atoms with van der Waals surface area (Å²) in [6, 6.07) is -0.277. The van der Waals surface area contributed by atoms with Crippen molar-refractivity contribution in [3.8, 4) is 0 Å². The van der Waals surface area contributed by atoms with E-state index in [1.165, 1.54) is 0 Å². The third kappa shape index (κ3) is 9.89. The molecule has 0 aliphatic carbocycles. The Morgan fingerprint density at radius 1 is 1.03 bits per heavy atom. The molecule has 2 saturated heterocycles. The lowest BCUT2D eigenvalue weighted by molar-refractivity contribution is -0.169. The van der Waals surface area contributed by atoms with Gasteiger partial charge >= 0.3 is 6.09 Å². The zero-order valence-corrected chi connectivity index (χ0v) is 18.7. The molecule has 9 nitrogen and oxygen atoms in total. The molecule has 2 aliphatic heterocycles. The van der Waals surface area contributed by atoms with Crippen molar-refractivity contribution in [2.75, 3.05) is 59.4 Å². The summed E-state index contributed by atoms with van der Waals surface area (Å²) in [6.45, 7) is 9.44. The average Bonchev–Trinajstić information content (AvgIpc) is 3.12. The monoisotopic (exact) mass is 433 g/mol. The number of rotatable bonds is 12. The van der Waals surface area contributed by atoms with Crippen LogP contribution in [0.4, 0.5) is 4.79 Å². The van der Waals surface area contributed by atoms with Crippen molar-refractivity contribution in [3.63, 3.8) is 0 Å². The van der Waals surface area contributed by atoms with Crippen LogP contribution in [0.2, 0.25) is 0 Å². The van der Waals surface area contributed by atoms with Gasteiger partial charge < -0.3 is 38.4 Å². The summed E-state index contributed by atoms with van der Waals surface area (Å²) in [6.07, 6.45) is 3.18. The van der Waals surface area contributed by atoms with Gasteiger partial charge in [-0.3, -0.25) is 0 Å². The first-order valence-electron chi connectivity index (χ1n) is 11.0. The number of carbonyl (C=O) groups is 1. The molecule has 2 rings (SSSR count). The van der Waals surface area contributed by atoms with Crippen molar-refractivity contribution >= 4 is 6.09 Å². The van der Waals surface area contributed by atoms with E-state index < -0.39 is 11.7 Å². The predicted octanol–water partition coefficient (Wildman–Crippen LogP) is 1.95. The third-order valence-electron chi connectivity index (χ3n) is 4.84. The summed E-state index contributed by atoms with van der Waals surface area (Å²) < 4.78 is 33.3. The van der Waals surface area contributed by atoms with E-state index in [4.69, 9.17) is 28.4 Å². The number of likely N-dealkylation sites (tertiary alicyclic amines) is 1. The summed E-state index contributed by atoms with van der Waals surface area (Å²) in [5.74, 6) is 0. The SMILES string of the molecule is CC(C)(C)OC(=O)N1C[C@H](OCCOCCOCCOC2CCCCO2)C[C@H]1CO. The Kier molecular flexibility index (Phi) is 11.3. The fraction of sp³-hybridized carbons (Fsp3) is 0.952. The van der Waals surface area contributed by atoms with E-state index in [1.807, 2.05) is 20.8 Å². The number of carbonyl (C=O) groups excluding carboxylic acids is 1. The minimum absolute atomic E-state index is 0.0805. The molecule has 30 heavy (non-hydrogen) atoms. The highest BCUT2D eigenvalue weighted by Gasteiger charge is 2.37. The van der Waals surface area contributed by atoms with Crippen molar-refractivity contribution in [2.45, 2.75) is 70.5 Å². The van der Waals surface area contributed by atoms with E-state index in [9.17, 15) is 9.90 Å². The molecule has 0 saturated carbocycles. The van der Waals surface area contributed by atoms with Gasteiger partial charge in [0.05, 0.1) is 64.9 Å². The predicted molar refractivity (Wildman–Crippen MR) is 109 cm³/mol. The Hall–Kier alpha value is -0.970. The van der Waals surface area contributed by atoms with Gasteiger partial charge in [0.15, 0.2) is 6.29 Å². The second kappa shape index (κ2) is 13.4. The van der Waals surface area contributed by atoms with Gasteiger partial charge in [-0.15, -0.1) is 0 Å². The molecular weight excluding hydrogens is 394 g/mol. The minimum atomic E-state index is -0.568. The van der Waals surface area contributed by atoms with E-state index in [2.05, 4.69) is 0 Å². The summed E-state index contributed by atoms with van der Waals surface area (Å²) in [5.41, 5.74) is -0.568. The molecule has 1 N–H and O–H groups in total. The van der Waals surface area contributed by atoms with E-state index >= 15 is 0 Å². The van der Waals surface area contributed by atoms with Gasteiger partial charge in [-0.2, -0.15) is 0 Å². The van der Waals surface area contributed by atoms with Crippen molar-refractivity contribution in [1.82, 2.24) is 4.90 Å². The van der Waals surface area contributed by atoms with Crippen LogP contribution < -0.4 is 0 Å². The van der Waals surface area contributed by atoms with E-state index in [1.54, 1.807) is 4.90 Å².